The third-order valence-electron chi connectivity index (χ3n) is 5.46. The summed E-state index contributed by atoms with van der Waals surface area (Å²) in [6.07, 6.45) is 0. The molecule has 0 bridgehead atoms. The Labute approximate surface area is 232 Å². The normalized spacial score (nSPS) is 11.2. The number of para-hydroxylation sites is 1. The van der Waals surface area contributed by atoms with Crippen molar-refractivity contribution in [3.05, 3.63) is 88.7 Å². The first-order valence-corrected chi connectivity index (χ1v) is 14.0. The van der Waals surface area contributed by atoms with Crippen molar-refractivity contribution in [1.29, 1.82) is 0 Å². The second kappa shape index (κ2) is 11.8. The smallest absolute Gasteiger partial charge is 0.271 e. The van der Waals surface area contributed by atoms with Gasteiger partial charge in [-0.15, -0.1) is 5.10 Å². The molecular weight excluding hydrogens is 569 g/mol. The predicted molar refractivity (Wildman–Crippen MR) is 144 cm³/mol. The van der Waals surface area contributed by atoms with Gasteiger partial charge in [-0.05, 0) is 71.4 Å². The van der Waals surface area contributed by atoms with E-state index >= 15 is 0 Å². The molecule has 0 aliphatic carbocycles. The fourth-order valence-corrected chi connectivity index (χ4v) is 5.48. The Bertz CT molecular complexity index is 1630. The zero-order chi connectivity index (χ0) is 28.2. The van der Waals surface area contributed by atoms with Crippen LogP contribution in [0.5, 0.6) is 0 Å². The lowest BCUT2D eigenvalue weighted by atomic mass is 10.2. The number of hydrazine groups is 1. The quantitative estimate of drug-likeness (QED) is 0.236. The predicted octanol–water partition coefficient (Wildman–Crippen LogP) is 3.14. The van der Waals surface area contributed by atoms with E-state index in [0.29, 0.717) is 5.16 Å². The van der Waals surface area contributed by atoms with Crippen LogP contribution in [-0.2, 0) is 14.8 Å². The second-order valence-corrected chi connectivity index (χ2v) is 11.4. The number of benzene rings is 3. The van der Waals surface area contributed by atoms with Gasteiger partial charge in [-0.3, -0.25) is 24.7 Å². The molecule has 3 aromatic carbocycles. The Morgan fingerprint density at radius 1 is 1.08 bits per heavy atom. The zero-order valence-corrected chi connectivity index (χ0v) is 22.9. The van der Waals surface area contributed by atoms with Crippen molar-refractivity contribution in [2.24, 2.45) is 0 Å². The van der Waals surface area contributed by atoms with Crippen LogP contribution < -0.4 is 15.2 Å². The van der Waals surface area contributed by atoms with E-state index in [1.165, 1.54) is 36.0 Å². The highest BCUT2D eigenvalue weighted by atomic mass is 35.5. The minimum Gasteiger partial charge on any atom is -0.272 e. The van der Waals surface area contributed by atoms with E-state index in [1.54, 1.807) is 0 Å². The van der Waals surface area contributed by atoms with E-state index in [4.69, 9.17) is 11.6 Å². The van der Waals surface area contributed by atoms with Crippen LogP contribution in [0.15, 0.2) is 76.8 Å². The van der Waals surface area contributed by atoms with Gasteiger partial charge in [0.15, 0.2) is 0 Å². The topological polar surface area (TPSA) is 139 Å². The molecule has 39 heavy (non-hydrogen) atoms. The Kier molecular flexibility index (Phi) is 8.47. The summed E-state index contributed by atoms with van der Waals surface area (Å²) in [5.41, 5.74) is 6.22. The van der Waals surface area contributed by atoms with Crippen molar-refractivity contribution >= 4 is 50.9 Å². The van der Waals surface area contributed by atoms with Gasteiger partial charge >= 0.3 is 0 Å². The molecule has 0 aliphatic heterocycles. The molecule has 2 N–H and O–H groups in total. The van der Waals surface area contributed by atoms with Crippen molar-refractivity contribution in [3.8, 4) is 5.69 Å². The van der Waals surface area contributed by atoms with Gasteiger partial charge in [0.25, 0.3) is 15.9 Å². The van der Waals surface area contributed by atoms with E-state index in [1.807, 2.05) is 31.2 Å². The van der Waals surface area contributed by atoms with Crippen LogP contribution >= 0.6 is 23.4 Å². The number of nitrogens with zero attached hydrogens (tertiary/aromatic N) is 5. The fourth-order valence-electron chi connectivity index (χ4n) is 3.37. The van der Waals surface area contributed by atoms with Crippen LogP contribution in [0.25, 0.3) is 5.69 Å². The summed E-state index contributed by atoms with van der Waals surface area (Å²) in [4.78, 5) is 24.9. The molecule has 4 aromatic rings. The fraction of sp³-hybridized carbons (Fsp3) is 0.125. The number of amides is 2. The molecule has 0 saturated heterocycles. The van der Waals surface area contributed by atoms with E-state index in [2.05, 4.69) is 26.4 Å². The lowest BCUT2D eigenvalue weighted by Gasteiger charge is -2.20. The number of hydrogen-bond acceptors (Lipinski definition) is 8. The number of aromatic nitrogens is 4. The molecule has 0 radical (unpaired) electrons. The number of anilines is 1. The van der Waals surface area contributed by atoms with Crippen molar-refractivity contribution in [1.82, 2.24) is 31.1 Å². The summed E-state index contributed by atoms with van der Waals surface area (Å²) >= 11 is 7.19. The summed E-state index contributed by atoms with van der Waals surface area (Å²) < 4.78 is 41.9. The van der Waals surface area contributed by atoms with Crippen LogP contribution in [0.1, 0.15) is 15.9 Å². The summed E-state index contributed by atoms with van der Waals surface area (Å²) in [6.45, 7) is 1.90. The average molecular weight is 590 g/mol. The number of nitrogens with one attached hydrogen (secondary N) is 2. The van der Waals surface area contributed by atoms with E-state index in [9.17, 15) is 22.4 Å². The molecule has 11 nitrogen and oxygen atoms in total. The molecular formula is C24H21ClFN7O4S2. The number of sulfonamides is 1. The van der Waals surface area contributed by atoms with Crippen LogP contribution in [0.3, 0.4) is 0 Å². The Morgan fingerprint density at radius 3 is 2.51 bits per heavy atom. The minimum absolute atomic E-state index is 0.0306. The second-order valence-electron chi connectivity index (χ2n) is 8.04. The van der Waals surface area contributed by atoms with Crippen molar-refractivity contribution in [2.45, 2.75) is 17.0 Å². The first-order chi connectivity index (χ1) is 18.6. The first-order valence-electron chi connectivity index (χ1n) is 11.2. The van der Waals surface area contributed by atoms with Crippen LogP contribution in [0.4, 0.5) is 10.1 Å². The first kappa shape index (κ1) is 28.0. The third-order valence-corrected chi connectivity index (χ3v) is 8.49. The summed E-state index contributed by atoms with van der Waals surface area (Å²) in [7, 11) is -2.82. The molecule has 0 fully saturated rings. The Balaban J connectivity index is 1.40. The van der Waals surface area contributed by atoms with E-state index < -0.39 is 27.7 Å². The molecule has 202 valence electrons. The van der Waals surface area contributed by atoms with Gasteiger partial charge in [0.1, 0.15) is 5.82 Å². The Morgan fingerprint density at radius 2 is 1.79 bits per heavy atom. The molecule has 2 amide bonds. The molecule has 15 heteroatoms. The van der Waals surface area contributed by atoms with Crippen molar-refractivity contribution in [3.63, 3.8) is 0 Å². The number of halogens is 2. The number of tetrazole rings is 1. The number of aryl methyl sites for hydroxylation is 1. The van der Waals surface area contributed by atoms with Gasteiger partial charge in [-0.2, -0.15) is 4.68 Å². The number of rotatable bonds is 8. The molecule has 0 atom stereocenters. The van der Waals surface area contributed by atoms with Gasteiger partial charge in [0.2, 0.25) is 11.1 Å². The Hall–Kier alpha value is -4.01. The maximum Gasteiger partial charge on any atom is 0.271 e. The lowest BCUT2D eigenvalue weighted by molar-refractivity contribution is -0.119. The molecule has 0 aliphatic rings. The van der Waals surface area contributed by atoms with Gasteiger partial charge in [0, 0.05) is 7.05 Å². The molecule has 1 aromatic heterocycles. The van der Waals surface area contributed by atoms with Crippen molar-refractivity contribution < 1.29 is 22.4 Å². The standard InChI is InChI=1S/C24H21ClFN7O4S2/c1-15-5-3-4-6-21(15)33-24(29-30-31-33)38-14-22(34)27-28-23(35)19-13-18(11-12-20(19)25)39(36,37)32(2)17-9-7-16(26)8-10-17/h3-13H,14H2,1-2H3,(H,27,34)(H,28,35). The zero-order valence-electron chi connectivity index (χ0n) is 20.5. The summed E-state index contributed by atoms with van der Waals surface area (Å²) in [5.74, 6) is -2.04. The largest absolute Gasteiger partial charge is 0.272 e. The maximum absolute atomic E-state index is 13.2. The number of hydrogen-bond donors (Lipinski definition) is 2. The SMILES string of the molecule is Cc1ccccc1-n1nnnc1SCC(=O)NNC(=O)c1cc(S(=O)(=O)N(C)c2ccc(F)cc2)ccc1Cl. The average Bonchev–Trinajstić information content (AvgIpc) is 3.39. The van der Waals surface area contributed by atoms with Gasteiger partial charge in [-0.25, -0.2) is 12.8 Å². The molecule has 0 unspecified atom stereocenters. The summed E-state index contributed by atoms with van der Waals surface area (Å²) in [5, 5.41) is 11.9. The number of carbonyl (C=O) groups is 2. The molecule has 0 saturated carbocycles. The highest BCUT2D eigenvalue weighted by molar-refractivity contribution is 7.99. The number of thioether (sulfide) groups is 1. The lowest BCUT2D eigenvalue weighted by Crippen LogP contribution is -2.42. The van der Waals surface area contributed by atoms with E-state index in [-0.39, 0.29) is 26.9 Å². The van der Waals surface area contributed by atoms with Crippen LogP contribution in [-0.4, -0.2) is 53.2 Å². The molecule has 0 spiro atoms. The summed E-state index contributed by atoms with van der Waals surface area (Å²) in [6, 6.07) is 15.9. The number of carbonyl (C=O) groups excluding carboxylic acids is 2. The highest BCUT2D eigenvalue weighted by Crippen LogP contribution is 2.26. The third kappa shape index (κ3) is 6.35. The highest BCUT2D eigenvalue weighted by Gasteiger charge is 2.24. The van der Waals surface area contributed by atoms with Gasteiger partial charge in [0.05, 0.1) is 32.6 Å². The van der Waals surface area contributed by atoms with Crippen LogP contribution in [0, 0.1) is 12.7 Å². The molecule has 1 heterocycles. The minimum atomic E-state index is -4.11. The van der Waals surface area contributed by atoms with Gasteiger partial charge in [-0.1, -0.05) is 41.6 Å². The van der Waals surface area contributed by atoms with Crippen molar-refractivity contribution in [2.75, 3.05) is 17.1 Å². The van der Waals surface area contributed by atoms with E-state index in [0.717, 1.165) is 45.5 Å². The maximum atomic E-state index is 13.2. The van der Waals surface area contributed by atoms with Gasteiger partial charge < -0.3 is 0 Å². The molecule has 4 rings (SSSR count). The van der Waals surface area contributed by atoms with Crippen LogP contribution in [0.2, 0.25) is 5.02 Å². The monoisotopic (exact) mass is 589 g/mol.